The van der Waals surface area contributed by atoms with Gasteiger partial charge in [0.15, 0.2) is 5.78 Å². The van der Waals surface area contributed by atoms with Crippen molar-refractivity contribution in [2.45, 2.75) is 45.0 Å². The number of nitrogens with zero attached hydrogens (tertiary/aromatic N) is 1. The summed E-state index contributed by atoms with van der Waals surface area (Å²) in [5.74, 6) is 0.487. The Hall–Kier alpha value is -3.32. The third kappa shape index (κ3) is 7.83. The average Bonchev–Trinajstić information content (AvgIpc) is 2.90. The van der Waals surface area contributed by atoms with Crippen LogP contribution in [0.3, 0.4) is 0 Å². The first kappa shape index (κ1) is 26.7. The number of ether oxygens (including phenoxy) is 2. The summed E-state index contributed by atoms with van der Waals surface area (Å²) in [6.45, 7) is 1.96. The van der Waals surface area contributed by atoms with E-state index in [-0.39, 0.29) is 17.5 Å². The van der Waals surface area contributed by atoms with Gasteiger partial charge in [-0.3, -0.25) is 9.69 Å². The van der Waals surface area contributed by atoms with Crippen LogP contribution in [0.1, 0.15) is 46.3 Å². The van der Waals surface area contributed by atoms with Gasteiger partial charge in [-0.1, -0.05) is 48.5 Å². The molecule has 0 spiro atoms. The van der Waals surface area contributed by atoms with E-state index in [1.54, 1.807) is 13.2 Å². The van der Waals surface area contributed by atoms with Crippen molar-refractivity contribution in [2.75, 3.05) is 20.2 Å². The van der Waals surface area contributed by atoms with Crippen molar-refractivity contribution in [1.29, 1.82) is 0 Å². The van der Waals surface area contributed by atoms with Gasteiger partial charge in [0.1, 0.15) is 11.5 Å². The van der Waals surface area contributed by atoms with Gasteiger partial charge in [0.2, 0.25) is 0 Å². The smallest absolute Gasteiger partial charge is 0.497 e. The lowest BCUT2D eigenvalue weighted by Gasteiger charge is -2.25. The highest BCUT2D eigenvalue weighted by Crippen LogP contribution is 2.26. The average molecular weight is 512 g/mol. The van der Waals surface area contributed by atoms with Crippen LogP contribution in [-0.2, 0) is 19.4 Å². The van der Waals surface area contributed by atoms with Crippen LogP contribution in [0.15, 0.2) is 72.8 Å². The zero-order valence-electron chi connectivity index (χ0n) is 21.0. The van der Waals surface area contributed by atoms with Crippen molar-refractivity contribution in [3.05, 3.63) is 95.1 Å². The molecule has 0 N–H and O–H groups in total. The first-order valence-electron chi connectivity index (χ1n) is 12.6. The topological polar surface area (TPSA) is 38.8 Å². The van der Waals surface area contributed by atoms with E-state index in [1.165, 1.54) is 12.1 Å². The number of rotatable bonds is 6. The SMILES string of the molecule is COc1ccc(CC2CCN(Cc3cccc(OC(F)(F)F)c3)CCCCc3ccccc3C2=O)cc1. The molecule has 4 nitrogen and oxygen atoms in total. The molecule has 0 fully saturated rings. The van der Waals surface area contributed by atoms with Gasteiger partial charge in [-0.05, 0) is 86.1 Å². The molecule has 1 aliphatic rings. The van der Waals surface area contributed by atoms with Crippen LogP contribution in [-0.4, -0.2) is 37.2 Å². The second-order valence-corrected chi connectivity index (χ2v) is 9.49. The summed E-state index contributed by atoms with van der Waals surface area (Å²) < 4.78 is 47.5. The van der Waals surface area contributed by atoms with Gasteiger partial charge in [-0.2, -0.15) is 0 Å². The minimum absolute atomic E-state index is 0.147. The number of fused-ring (bicyclic) bond motifs is 1. The van der Waals surface area contributed by atoms with Crippen molar-refractivity contribution in [3.63, 3.8) is 0 Å². The third-order valence-electron chi connectivity index (χ3n) is 6.80. The first-order chi connectivity index (χ1) is 17.8. The molecule has 3 aromatic carbocycles. The van der Waals surface area contributed by atoms with Crippen LogP contribution in [0.5, 0.6) is 11.5 Å². The molecule has 0 aliphatic carbocycles. The first-order valence-corrected chi connectivity index (χ1v) is 12.6. The summed E-state index contributed by atoms with van der Waals surface area (Å²) in [6, 6.07) is 21.8. The number of halogens is 3. The fraction of sp³-hybridized carbons (Fsp3) is 0.367. The van der Waals surface area contributed by atoms with Gasteiger partial charge in [-0.25, -0.2) is 0 Å². The quantitative estimate of drug-likeness (QED) is 0.362. The van der Waals surface area contributed by atoms with Crippen LogP contribution in [0.4, 0.5) is 13.2 Å². The Morgan fingerprint density at radius 2 is 1.68 bits per heavy atom. The molecule has 1 aliphatic heterocycles. The zero-order chi connectivity index (χ0) is 26.3. The Morgan fingerprint density at radius 3 is 2.43 bits per heavy atom. The van der Waals surface area contributed by atoms with E-state index in [4.69, 9.17) is 4.74 Å². The molecular weight excluding hydrogens is 479 g/mol. The Morgan fingerprint density at radius 1 is 0.892 bits per heavy atom. The molecule has 1 heterocycles. The summed E-state index contributed by atoms with van der Waals surface area (Å²) >= 11 is 0. The number of alkyl halides is 3. The minimum atomic E-state index is -4.72. The predicted octanol–water partition coefficient (Wildman–Crippen LogP) is 6.86. The number of ketones is 1. The van der Waals surface area contributed by atoms with Crippen molar-refractivity contribution >= 4 is 5.78 Å². The third-order valence-corrected chi connectivity index (χ3v) is 6.80. The minimum Gasteiger partial charge on any atom is -0.497 e. The lowest BCUT2D eigenvalue weighted by Crippen LogP contribution is -2.29. The Kier molecular flexibility index (Phi) is 8.87. The monoisotopic (exact) mass is 511 g/mol. The molecule has 196 valence electrons. The number of hydrogen-bond donors (Lipinski definition) is 0. The van der Waals surface area contributed by atoms with Gasteiger partial charge < -0.3 is 9.47 Å². The molecule has 1 atom stereocenters. The van der Waals surface area contributed by atoms with Crippen molar-refractivity contribution in [3.8, 4) is 11.5 Å². The highest BCUT2D eigenvalue weighted by Gasteiger charge is 2.31. The summed E-state index contributed by atoms with van der Waals surface area (Å²) in [5.41, 5.74) is 3.69. The van der Waals surface area contributed by atoms with E-state index < -0.39 is 6.36 Å². The molecule has 0 radical (unpaired) electrons. The van der Waals surface area contributed by atoms with Crippen LogP contribution >= 0.6 is 0 Å². The van der Waals surface area contributed by atoms with E-state index in [1.807, 2.05) is 54.6 Å². The predicted molar refractivity (Wildman–Crippen MR) is 137 cm³/mol. The van der Waals surface area contributed by atoms with E-state index in [9.17, 15) is 18.0 Å². The van der Waals surface area contributed by atoms with Gasteiger partial charge in [0, 0.05) is 18.0 Å². The van der Waals surface area contributed by atoms with Crippen LogP contribution in [0.2, 0.25) is 0 Å². The molecule has 0 aromatic heterocycles. The van der Waals surface area contributed by atoms with Crippen molar-refractivity contribution in [2.24, 2.45) is 5.92 Å². The number of methoxy groups -OCH3 is 1. The highest BCUT2D eigenvalue weighted by atomic mass is 19.4. The van der Waals surface area contributed by atoms with Gasteiger partial charge in [0.05, 0.1) is 7.11 Å². The molecule has 0 amide bonds. The standard InChI is InChI=1S/C30H32F3NO3/c1-36-26-14-12-22(13-15-26)19-25-16-18-34(21-23-7-6-10-27(20-23)37-30(31,32)33)17-5-4-9-24-8-2-3-11-28(24)29(25)35/h2-3,6-8,10-15,20,25H,4-5,9,16-19,21H2,1H3. The second kappa shape index (κ2) is 12.3. The fourth-order valence-electron chi connectivity index (χ4n) is 4.93. The Balaban J connectivity index is 1.54. The van der Waals surface area contributed by atoms with Gasteiger partial charge in [-0.15, -0.1) is 13.2 Å². The molecule has 3 aromatic rings. The van der Waals surface area contributed by atoms with Crippen LogP contribution < -0.4 is 9.47 Å². The molecule has 0 bridgehead atoms. The second-order valence-electron chi connectivity index (χ2n) is 9.49. The number of carbonyl (C=O) groups is 1. The maximum absolute atomic E-state index is 13.8. The van der Waals surface area contributed by atoms with Crippen LogP contribution in [0.25, 0.3) is 0 Å². The number of carbonyl (C=O) groups excluding carboxylic acids is 1. The van der Waals surface area contributed by atoms with Crippen molar-refractivity contribution in [1.82, 2.24) is 4.90 Å². The maximum atomic E-state index is 13.8. The number of aryl methyl sites for hydroxylation is 1. The molecule has 4 rings (SSSR count). The summed E-state index contributed by atoms with van der Waals surface area (Å²) in [7, 11) is 1.62. The van der Waals surface area contributed by atoms with E-state index in [2.05, 4.69) is 9.64 Å². The molecule has 0 saturated carbocycles. The van der Waals surface area contributed by atoms with Gasteiger partial charge >= 0.3 is 6.36 Å². The van der Waals surface area contributed by atoms with Gasteiger partial charge in [0.25, 0.3) is 0 Å². The summed E-state index contributed by atoms with van der Waals surface area (Å²) in [6.07, 6.45) is -0.777. The summed E-state index contributed by atoms with van der Waals surface area (Å²) in [4.78, 5) is 16.0. The van der Waals surface area contributed by atoms with Crippen molar-refractivity contribution < 1.29 is 27.4 Å². The normalized spacial score (nSPS) is 17.5. The largest absolute Gasteiger partial charge is 0.573 e. The summed E-state index contributed by atoms with van der Waals surface area (Å²) in [5, 5.41) is 0. The number of Topliss-reactive ketones (excluding diaryl/α,β-unsaturated/α-hetero) is 1. The zero-order valence-corrected chi connectivity index (χ0v) is 21.0. The molecule has 7 heteroatoms. The lowest BCUT2D eigenvalue weighted by atomic mass is 9.86. The molecular formula is C30H32F3NO3. The Bertz CT molecular complexity index is 1180. The molecule has 1 unspecified atom stereocenters. The Labute approximate surface area is 216 Å². The van der Waals surface area contributed by atoms with E-state index >= 15 is 0 Å². The van der Waals surface area contributed by atoms with E-state index in [0.29, 0.717) is 25.9 Å². The lowest BCUT2D eigenvalue weighted by molar-refractivity contribution is -0.274. The maximum Gasteiger partial charge on any atom is 0.573 e. The van der Waals surface area contributed by atoms with Crippen LogP contribution in [0, 0.1) is 5.92 Å². The fourth-order valence-corrected chi connectivity index (χ4v) is 4.93. The molecule has 0 saturated heterocycles. The molecule has 37 heavy (non-hydrogen) atoms. The number of hydrogen-bond acceptors (Lipinski definition) is 4. The number of benzene rings is 3. The van der Waals surface area contributed by atoms with E-state index in [0.717, 1.165) is 53.8 Å². The highest BCUT2D eigenvalue weighted by molar-refractivity contribution is 5.99.